The Bertz CT molecular complexity index is 336. The Morgan fingerprint density at radius 3 is 2.93 bits per heavy atom. The maximum Gasteiger partial charge on any atom is 0.200 e. The van der Waals surface area contributed by atoms with Crippen LogP contribution in [0.1, 0.15) is 44.3 Å². The monoisotopic (exact) mass is 272 g/mol. The Morgan fingerprint density at radius 2 is 2.27 bits per heavy atom. The third-order valence-electron chi connectivity index (χ3n) is 3.13. The van der Waals surface area contributed by atoms with Crippen LogP contribution in [0.15, 0.2) is 4.73 Å². The van der Waals surface area contributed by atoms with Crippen LogP contribution in [0.5, 0.6) is 0 Å². The highest BCUT2D eigenvalue weighted by atomic mass is 79.9. The molecule has 0 unspecified atom stereocenters. The topological polar surface area (TPSA) is 56.7 Å². The van der Waals surface area contributed by atoms with E-state index in [1.807, 2.05) is 0 Å². The van der Waals surface area contributed by atoms with Crippen molar-refractivity contribution in [1.82, 2.24) is 14.8 Å². The number of rotatable bonds is 2. The predicted octanol–water partition coefficient (Wildman–Crippen LogP) is 2.05. The van der Waals surface area contributed by atoms with Crippen molar-refractivity contribution < 1.29 is 0 Å². The van der Waals surface area contributed by atoms with Crippen LogP contribution in [0.3, 0.4) is 0 Å². The average Bonchev–Trinajstić information content (AvgIpc) is 2.59. The Balaban J connectivity index is 2.20. The molecule has 1 fully saturated rings. The van der Waals surface area contributed by atoms with Gasteiger partial charge in [0, 0.05) is 18.5 Å². The van der Waals surface area contributed by atoms with Gasteiger partial charge in [0.2, 0.25) is 0 Å². The van der Waals surface area contributed by atoms with Gasteiger partial charge < -0.3 is 10.3 Å². The van der Waals surface area contributed by atoms with E-state index in [1.165, 1.54) is 12.8 Å². The summed E-state index contributed by atoms with van der Waals surface area (Å²) in [6.07, 6.45) is 4.60. The standard InChI is InChI=1S/C10H17BrN4/c1-2-15-9(13-14-10(15)11)7-4-3-5-8(12)6-7/h7-8H,2-6,12H2,1H3/t7-,8+/m0/s1. The molecule has 0 radical (unpaired) electrons. The Morgan fingerprint density at radius 1 is 1.47 bits per heavy atom. The molecule has 4 nitrogen and oxygen atoms in total. The van der Waals surface area contributed by atoms with Gasteiger partial charge in [-0.2, -0.15) is 0 Å². The molecule has 2 N–H and O–H groups in total. The van der Waals surface area contributed by atoms with Crippen molar-refractivity contribution in [2.75, 3.05) is 0 Å². The minimum Gasteiger partial charge on any atom is -0.328 e. The van der Waals surface area contributed by atoms with E-state index in [2.05, 4.69) is 37.6 Å². The number of halogens is 1. The molecule has 1 aromatic heterocycles. The second-order valence-electron chi connectivity index (χ2n) is 4.20. The summed E-state index contributed by atoms with van der Waals surface area (Å²) in [5, 5.41) is 8.33. The fourth-order valence-corrected chi connectivity index (χ4v) is 2.86. The summed E-state index contributed by atoms with van der Waals surface area (Å²) < 4.78 is 2.96. The second-order valence-corrected chi connectivity index (χ2v) is 4.90. The number of nitrogens with two attached hydrogens (primary N) is 1. The molecule has 1 aromatic rings. The Hall–Kier alpha value is -0.420. The normalized spacial score (nSPS) is 26.9. The molecule has 1 heterocycles. The van der Waals surface area contributed by atoms with Crippen molar-refractivity contribution in [3.63, 3.8) is 0 Å². The first kappa shape index (κ1) is 11.1. The van der Waals surface area contributed by atoms with Crippen LogP contribution in [-0.2, 0) is 6.54 Å². The molecular formula is C10H17BrN4. The molecule has 5 heteroatoms. The van der Waals surface area contributed by atoms with Crippen LogP contribution in [0.4, 0.5) is 0 Å². The van der Waals surface area contributed by atoms with E-state index in [0.29, 0.717) is 12.0 Å². The van der Waals surface area contributed by atoms with Crippen LogP contribution in [-0.4, -0.2) is 20.8 Å². The first-order chi connectivity index (χ1) is 7.22. The van der Waals surface area contributed by atoms with Gasteiger partial charge >= 0.3 is 0 Å². The van der Waals surface area contributed by atoms with Crippen LogP contribution in [0.2, 0.25) is 0 Å². The summed E-state index contributed by atoms with van der Waals surface area (Å²) in [6, 6.07) is 0.338. The third-order valence-corrected chi connectivity index (χ3v) is 3.72. The maximum absolute atomic E-state index is 5.99. The van der Waals surface area contributed by atoms with Crippen molar-refractivity contribution in [1.29, 1.82) is 0 Å². The maximum atomic E-state index is 5.99. The van der Waals surface area contributed by atoms with E-state index in [-0.39, 0.29) is 0 Å². The minimum absolute atomic E-state index is 0.338. The first-order valence-electron chi connectivity index (χ1n) is 5.56. The third kappa shape index (κ3) is 2.23. The van der Waals surface area contributed by atoms with Gasteiger partial charge in [-0.1, -0.05) is 6.42 Å². The molecule has 1 aliphatic rings. The zero-order valence-electron chi connectivity index (χ0n) is 8.99. The molecule has 0 aromatic carbocycles. The fourth-order valence-electron chi connectivity index (χ4n) is 2.35. The average molecular weight is 273 g/mol. The summed E-state index contributed by atoms with van der Waals surface area (Å²) in [7, 11) is 0. The summed E-state index contributed by atoms with van der Waals surface area (Å²) >= 11 is 3.42. The molecule has 0 saturated heterocycles. The molecule has 0 amide bonds. The molecule has 0 bridgehead atoms. The molecule has 15 heavy (non-hydrogen) atoms. The van der Waals surface area contributed by atoms with Gasteiger partial charge in [0.25, 0.3) is 0 Å². The highest BCUT2D eigenvalue weighted by Gasteiger charge is 2.25. The number of hydrogen-bond donors (Lipinski definition) is 1. The number of hydrogen-bond acceptors (Lipinski definition) is 3. The van der Waals surface area contributed by atoms with Crippen molar-refractivity contribution >= 4 is 15.9 Å². The van der Waals surface area contributed by atoms with E-state index in [0.717, 1.165) is 29.9 Å². The molecule has 2 rings (SSSR count). The SMILES string of the molecule is CCn1c(Br)nnc1[C@H]1CCC[C@@H](N)C1. The smallest absolute Gasteiger partial charge is 0.200 e. The van der Waals surface area contributed by atoms with Crippen molar-refractivity contribution in [3.8, 4) is 0 Å². The molecule has 0 aliphatic heterocycles. The van der Waals surface area contributed by atoms with E-state index in [1.54, 1.807) is 0 Å². The molecule has 84 valence electrons. The van der Waals surface area contributed by atoms with E-state index >= 15 is 0 Å². The van der Waals surface area contributed by atoms with Crippen molar-refractivity contribution in [2.24, 2.45) is 5.73 Å². The summed E-state index contributed by atoms with van der Waals surface area (Å²) in [4.78, 5) is 0. The quantitative estimate of drug-likeness (QED) is 0.897. The molecule has 0 spiro atoms. The highest BCUT2D eigenvalue weighted by Crippen LogP contribution is 2.31. The van der Waals surface area contributed by atoms with Gasteiger partial charge in [-0.25, -0.2) is 0 Å². The lowest BCUT2D eigenvalue weighted by Gasteiger charge is -2.26. The van der Waals surface area contributed by atoms with Gasteiger partial charge in [-0.05, 0) is 42.1 Å². The summed E-state index contributed by atoms with van der Waals surface area (Å²) in [6.45, 7) is 3.02. The lowest BCUT2D eigenvalue weighted by molar-refractivity contribution is 0.373. The van der Waals surface area contributed by atoms with Crippen LogP contribution < -0.4 is 5.73 Å². The van der Waals surface area contributed by atoms with Gasteiger partial charge in [0.05, 0.1) is 0 Å². The Kier molecular flexibility index (Phi) is 3.41. The molecule has 2 atom stereocenters. The number of aromatic nitrogens is 3. The van der Waals surface area contributed by atoms with Gasteiger partial charge in [0.1, 0.15) is 5.82 Å². The second kappa shape index (κ2) is 4.61. The van der Waals surface area contributed by atoms with Crippen LogP contribution in [0.25, 0.3) is 0 Å². The largest absolute Gasteiger partial charge is 0.328 e. The van der Waals surface area contributed by atoms with E-state index in [4.69, 9.17) is 5.73 Å². The lowest BCUT2D eigenvalue weighted by atomic mass is 9.85. The van der Waals surface area contributed by atoms with E-state index < -0.39 is 0 Å². The highest BCUT2D eigenvalue weighted by molar-refractivity contribution is 9.10. The summed E-state index contributed by atoms with van der Waals surface area (Å²) in [5.74, 6) is 1.59. The van der Waals surface area contributed by atoms with Gasteiger partial charge in [-0.3, -0.25) is 0 Å². The fraction of sp³-hybridized carbons (Fsp3) is 0.800. The zero-order chi connectivity index (χ0) is 10.8. The summed E-state index contributed by atoms with van der Waals surface area (Å²) in [5.41, 5.74) is 5.99. The van der Waals surface area contributed by atoms with Crippen molar-refractivity contribution in [3.05, 3.63) is 10.6 Å². The number of nitrogens with zero attached hydrogens (tertiary/aromatic N) is 3. The molecule has 1 aliphatic carbocycles. The Labute approximate surface area is 98.4 Å². The zero-order valence-corrected chi connectivity index (χ0v) is 10.6. The minimum atomic E-state index is 0.338. The van der Waals surface area contributed by atoms with E-state index in [9.17, 15) is 0 Å². The lowest BCUT2D eigenvalue weighted by Crippen LogP contribution is -2.28. The van der Waals surface area contributed by atoms with Crippen LogP contribution >= 0.6 is 15.9 Å². The van der Waals surface area contributed by atoms with Crippen LogP contribution in [0, 0.1) is 0 Å². The first-order valence-corrected chi connectivity index (χ1v) is 6.35. The molecular weight excluding hydrogens is 256 g/mol. The van der Waals surface area contributed by atoms with Crippen molar-refractivity contribution in [2.45, 2.75) is 51.1 Å². The van der Waals surface area contributed by atoms with Gasteiger partial charge in [-0.15, -0.1) is 10.2 Å². The molecule has 1 saturated carbocycles. The predicted molar refractivity (Wildman–Crippen MR) is 62.6 cm³/mol. The van der Waals surface area contributed by atoms with Gasteiger partial charge in [0.15, 0.2) is 4.73 Å².